The zero-order valence-electron chi connectivity index (χ0n) is 9.15. The van der Waals surface area contributed by atoms with Gasteiger partial charge in [0.25, 0.3) is 10.0 Å². The van der Waals surface area contributed by atoms with E-state index in [2.05, 4.69) is 9.88 Å². The van der Waals surface area contributed by atoms with Crippen molar-refractivity contribution >= 4 is 38.9 Å². The van der Waals surface area contributed by atoms with Crippen LogP contribution in [-0.2, 0) is 10.0 Å². The minimum absolute atomic E-state index is 0.0271. The number of anilines is 1. The highest BCUT2D eigenvalue weighted by atomic mass is 35.5. The Hall–Kier alpha value is -1.24. The summed E-state index contributed by atoms with van der Waals surface area (Å²) >= 11 is 11.6. The molecule has 0 aliphatic heterocycles. The highest BCUT2D eigenvalue weighted by Gasteiger charge is 2.21. The second-order valence-corrected chi connectivity index (χ2v) is 5.89. The summed E-state index contributed by atoms with van der Waals surface area (Å²) in [6.45, 7) is 1.59. The maximum absolute atomic E-state index is 12.1. The van der Waals surface area contributed by atoms with E-state index in [9.17, 15) is 8.42 Å². The molecule has 0 amide bonds. The van der Waals surface area contributed by atoms with E-state index in [0.29, 0.717) is 5.76 Å². The molecule has 2 rings (SSSR count). The van der Waals surface area contributed by atoms with E-state index in [0.717, 1.165) is 0 Å². The molecule has 8 heteroatoms. The molecule has 1 aromatic heterocycles. The number of aryl methyl sites for hydroxylation is 1. The second kappa shape index (κ2) is 4.79. The number of nitrogens with one attached hydrogen (secondary N) is 1. The molecule has 0 fully saturated rings. The van der Waals surface area contributed by atoms with Gasteiger partial charge >= 0.3 is 0 Å². The number of benzene rings is 1. The third-order valence-corrected chi connectivity index (χ3v) is 4.54. The lowest BCUT2D eigenvalue weighted by atomic mass is 10.4. The fourth-order valence-corrected chi connectivity index (χ4v) is 3.15. The average molecular weight is 307 g/mol. The van der Waals surface area contributed by atoms with Crippen LogP contribution in [0.3, 0.4) is 0 Å². The second-order valence-electron chi connectivity index (χ2n) is 3.45. The Morgan fingerprint density at radius 2 is 2.06 bits per heavy atom. The SMILES string of the molecule is Cc1oncc1NS(=O)(=O)c1cccc(Cl)c1Cl. The summed E-state index contributed by atoms with van der Waals surface area (Å²) in [6.07, 6.45) is 1.27. The zero-order valence-corrected chi connectivity index (χ0v) is 11.5. The number of hydrogen-bond donors (Lipinski definition) is 1. The first-order chi connectivity index (χ1) is 8.42. The fraction of sp³-hybridized carbons (Fsp3) is 0.100. The third kappa shape index (κ3) is 2.45. The summed E-state index contributed by atoms with van der Waals surface area (Å²) in [5, 5.41) is 3.62. The highest BCUT2D eigenvalue weighted by Crippen LogP contribution is 2.30. The first-order valence-electron chi connectivity index (χ1n) is 4.80. The predicted octanol–water partition coefficient (Wildman–Crippen LogP) is 3.09. The van der Waals surface area contributed by atoms with Crippen molar-refractivity contribution in [3.05, 3.63) is 40.2 Å². The van der Waals surface area contributed by atoms with Gasteiger partial charge in [0.1, 0.15) is 10.6 Å². The molecule has 0 spiro atoms. The highest BCUT2D eigenvalue weighted by molar-refractivity contribution is 7.92. The topological polar surface area (TPSA) is 72.2 Å². The van der Waals surface area contributed by atoms with Crippen LogP contribution in [0.1, 0.15) is 5.76 Å². The molecular formula is C10H8Cl2N2O3S. The van der Waals surface area contributed by atoms with Crippen LogP contribution >= 0.6 is 23.2 Å². The Labute approximate surface area is 114 Å². The van der Waals surface area contributed by atoms with Gasteiger partial charge in [0, 0.05) is 0 Å². The zero-order chi connectivity index (χ0) is 13.3. The molecule has 1 aromatic carbocycles. The monoisotopic (exact) mass is 306 g/mol. The van der Waals surface area contributed by atoms with Crippen LogP contribution < -0.4 is 4.72 Å². The van der Waals surface area contributed by atoms with Crippen molar-refractivity contribution in [2.24, 2.45) is 0 Å². The minimum Gasteiger partial charge on any atom is -0.359 e. The fourth-order valence-electron chi connectivity index (χ4n) is 1.29. The predicted molar refractivity (Wildman–Crippen MR) is 68.5 cm³/mol. The van der Waals surface area contributed by atoms with Crippen molar-refractivity contribution in [3.63, 3.8) is 0 Å². The number of aromatic nitrogens is 1. The van der Waals surface area contributed by atoms with E-state index < -0.39 is 10.0 Å². The summed E-state index contributed by atoms with van der Waals surface area (Å²) in [5.41, 5.74) is 0.256. The van der Waals surface area contributed by atoms with Gasteiger partial charge in [-0.2, -0.15) is 0 Å². The van der Waals surface area contributed by atoms with Crippen molar-refractivity contribution in [1.29, 1.82) is 0 Å². The number of halogens is 2. The van der Waals surface area contributed by atoms with E-state index in [1.54, 1.807) is 6.92 Å². The molecule has 1 N–H and O–H groups in total. The summed E-state index contributed by atoms with van der Waals surface area (Å²) in [7, 11) is -3.83. The van der Waals surface area contributed by atoms with Gasteiger partial charge in [-0.1, -0.05) is 34.4 Å². The third-order valence-electron chi connectivity index (χ3n) is 2.20. The maximum Gasteiger partial charge on any atom is 0.263 e. The molecule has 0 saturated heterocycles. The van der Waals surface area contributed by atoms with E-state index >= 15 is 0 Å². The summed E-state index contributed by atoms with van der Waals surface area (Å²) < 4.78 is 31.3. The Bertz CT molecular complexity index is 682. The Balaban J connectivity index is 2.43. The molecule has 1 heterocycles. The van der Waals surface area contributed by atoms with Crippen LogP contribution in [0.2, 0.25) is 10.0 Å². The molecule has 2 aromatic rings. The Morgan fingerprint density at radius 3 is 2.67 bits per heavy atom. The van der Waals surface area contributed by atoms with Gasteiger partial charge < -0.3 is 4.52 Å². The molecule has 0 atom stereocenters. The molecule has 96 valence electrons. The first-order valence-corrected chi connectivity index (χ1v) is 7.04. The van der Waals surface area contributed by atoms with Gasteiger partial charge in [0.15, 0.2) is 5.76 Å². The Kier molecular flexibility index (Phi) is 3.52. The lowest BCUT2D eigenvalue weighted by molar-refractivity contribution is 0.398. The average Bonchev–Trinajstić information content (AvgIpc) is 2.67. The standard InChI is InChI=1S/C10H8Cl2N2O3S/c1-6-8(5-13-17-6)14-18(15,16)9-4-2-3-7(11)10(9)12/h2-5,14H,1H3. The van der Waals surface area contributed by atoms with Crippen LogP contribution in [-0.4, -0.2) is 13.6 Å². The van der Waals surface area contributed by atoms with Crippen molar-refractivity contribution in [3.8, 4) is 0 Å². The number of sulfonamides is 1. The smallest absolute Gasteiger partial charge is 0.263 e. The van der Waals surface area contributed by atoms with Gasteiger partial charge in [-0.3, -0.25) is 4.72 Å². The van der Waals surface area contributed by atoms with Crippen molar-refractivity contribution in [2.75, 3.05) is 4.72 Å². The Morgan fingerprint density at radius 1 is 1.33 bits per heavy atom. The lowest BCUT2D eigenvalue weighted by Crippen LogP contribution is -2.13. The van der Waals surface area contributed by atoms with E-state index in [-0.39, 0.29) is 20.6 Å². The summed E-state index contributed by atoms with van der Waals surface area (Å²) in [5.74, 6) is 0.358. The van der Waals surface area contributed by atoms with Gasteiger partial charge in [0.05, 0.1) is 16.2 Å². The van der Waals surface area contributed by atoms with Crippen LogP contribution in [0, 0.1) is 6.92 Å². The molecule has 0 radical (unpaired) electrons. The van der Waals surface area contributed by atoms with Gasteiger partial charge in [0.2, 0.25) is 0 Å². The summed E-state index contributed by atoms with van der Waals surface area (Å²) in [6, 6.07) is 4.37. The number of rotatable bonds is 3. The van der Waals surface area contributed by atoms with Gasteiger partial charge in [-0.15, -0.1) is 0 Å². The van der Waals surface area contributed by atoms with Crippen molar-refractivity contribution < 1.29 is 12.9 Å². The molecule has 0 saturated carbocycles. The van der Waals surface area contributed by atoms with E-state index in [4.69, 9.17) is 27.7 Å². The quantitative estimate of drug-likeness (QED) is 0.945. The lowest BCUT2D eigenvalue weighted by Gasteiger charge is -2.08. The normalized spacial score (nSPS) is 11.5. The van der Waals surface area contributed by atoms with Crippen LogP contribution in [0.4, 0.5) is 5.69 Å². The molecule has 5 nitrogen and oxygen atoms in total. The molecule has 0 bridgehead atoms. The largest absolute Gasteiger partial charge is 0.359 e. The molecule has 0 aliphatic rings. The maximum atomic E-state index is 12.1. The van der Waals surface area contributed by atoms with Crippen LogP contribution in [0.15, 0.2) is 33.8 Å². The number of hydrogen-bond acceptors (Lipinski definition) is 4. The van der Waals surface area contributed by atoms with Gasteiger partial charge in [-0.25, -0.2) is 8.42 Å². The van der Waals surface area contributed by atoms with Crippen LogP contribution in [0.5, 0.6) is 0 Å². The molecular weight excluding hydrogens is 299 g/mol. The van der Waals surface area contributed by atoms with Crippen molar-refractivity contribution in [1.82, 2.24) is 5.16 Å². The molecule has 18 heavy (non-hydrogen) atoms. The van der Waals surface area contributed by atoms with Crippen molar-refractivity contribution in [2.45, 2.75) is 11.8 Å². The van der Waals surface area contributed by atoms with E-state index in [1.165, 1.54) is 24.4 Å². The minimum atomic E-state index is -3.83. The van der Waals surface area contributed by atoms with Gasteiger partial charge in [-0.05, 0) is 19.1 Å². The van der Waals surface area contributed by atoms with Crippen LogP contribution in [0.25, 0.3) is 0 Å². The molecule has 0 aliphatic carbocycles. The number of nitrogens with zero attached hydrogens (tertiary/aromatic N) is 1. The van der Waals surface area contributed by atoms with E-state index in [1.807, 2.05) is 0 Å². The molecule has 0 unspecified atom stereocenters. The first kappa shape index (κ1) is 13.2. The summed E-state index contributed by atoms with van der Waals surface area (Å²) in [4.78, 5) is -0.0998.